The standard InChI is InChI=1S/C11H13ClINO3/c12-3-5-17-6-4-14-11(16)8-1-2-9(13)10(15)7-8/h1-2,7,15H,3-6H2,(H,14,16). The molecule has 0 radical (unpaired) electrons. The Balaban J connectivity index is 2.39. The highest BCUT2D eigenvalue weighted by Gasteiger charge is 2.07. The second kappa shape index (κ2) is 7.73. The fraction of sp³-hybridized carbons (Fsp3) is 0.364. The van der Waals surface area contributed by atoms with E-state index in [4.69, 9.17) is 16.3 Å². The van der Waals surface area contributed by atoms with Crippen molar-refractivity contribution >= 4 is 40.1 Å². The molecule has 4 nitrogen and oxygen atoms in total. The minimum atomic E-state index is -0.230. The molecule has 1 aromatic carbocycles. The van der Waals surface area contributed by atoms with E-state index >= 15 is 0 Å². The van der Waals surface area contributed by atoms with E-state index in [1.54, 1.807) is 12.1 Å². The summed E-state index contributed by atoms with van der Waals surface area (Å²) in [7, 11) is 0. The van der Waals surface area contributed by atoms with E-state index in [-0.39, 0.29) is 11.7 Å². The third kappa shape index (κ3) is 5.10. The van der Waals surface area contributed by atoms with E-state index in [0.717, 1.165) is 0 Å². The van der Waals surface area contributed by atoms with Gasteiger partial charge in [-0.05, 0) is 40.8 Å². The number of ether oxygens (including phenoxy) is 1. The van der Waals surface area contributed by atoms with Crippen LogP contribution in [0.1, 0.15) is 10.4 Å². The Kier molecular flexibility index (Phi) is 6.61. The summed E-state index contributed by atoms with van der Waals surface area (Å²) in [5, 5.41) is 12.1. The minimum Gasteiger partial charge on any atom is -0.507 e. The maximum Gasteiger partial charge on any atom is 0.251 e. The highest BCUT2D eigenvalue weighted by atomic mass is 127. The van der Waals surface area contributed by atoms with Crippen molar-refractivity contribution in [3.05, 3.63) is 27.3 Å². The number of nitrogens with one attached hydrogen (secondary N) is 1. The van der Waals surface area contributed by atoms with Gasteiger partial charge in [-0.1, -0.05) is 0 Å². The molecule has 17 heavy (non-hydrogen) atoms. The predicted octanol–water partition coefficient (Wildman–Crippen LogP) is 1.98. The van der Waals surface area contributed by atoms with Gasteiger partial charge in [-0.3, -0.25) is 4.79 Å². The van der Waals surface area contributed by atoms with E-state index in [0.29, 0.717) is 34.8 Å². The van der Waals surface area contributed by atoms with Crippen LogP contribution in [0.15, 0.2) is 18.2 Å². The molecular weight excluding hydrogens is 356 g/mol. The Morgan fingerprint density at radius 3 is 2.88 bits per heavy atom. The van der Waals surface area contributed by atoms with Crippen LogP contribution < -0.4 is 5.32 Å². The van der Waals surface area contributed by atoms with Gasteiger partial charge in [-0.25, -0.2) is 0 Å². The first-order chi connectivity index (χ1) is 8.15. The molecule has 0 saturated heterocycles. The van der Waals surface area contributed by atoms with E-state index in [1.165, 1.54) is 6.07 Å². The first kappa shape index (κ1) is 14.5. The summed E-state index contributed by atoms with van der Waals surface area (Å²) in [6, 6.07) is 4.79. The Morgan fingerprint density at radius 1 is 1.47 bits per heavy atom. The average Bonchev–Trinajstić information content (AvgIpc) is 2.32. The lowest BCUT2D eigenvalue weighted by molar-refractivity contribution is 0.0923. The van der Waals surface area contributed by atoms with Crippen molar-refractivity contribution in [3.8, 4) is 5.75 Å². The van der Waals surface area contributed by atoms with Crippen molar-refractivity contribution in [2.45, 2.75) is 0 Å². The number of halogens is 2. The van der Waals surface area contributed by atoms with E-state index in [2.05, 4.69) is 5.32 Å². The molecular formula is C11H13ClINO3. The molecule has 0 saturated carbocycles. The third-order valence-corrected chi connectivity index (χ3v) is 3.03. The molecule has 1 aromatic rings. The summed E-state index contributed by atoms with van der Waals surface area (Å²) in [5.74, 6) is 0.321. The lowest BCUT2D eigenvalue weighted by Gasteiger charge is -2.06. The van der Waals surface area contributed by atoms with Crippen LogP contribution in [-0.4, -0.2) is 36.7 Å². The molecule has 1 amide bonds. The number of hydrogen-bond acceptors (Lipinski definition) is 3. The molecule has 94 valence electrons. The van der Waals surface area contributed by atoms with Crippen LogP contribution >= 0.6 is 34.2 Å². The molecule has 0 heterocycles. The number of alkyl halides is 1. The number of carbonyl (C=O) groups is 1. The van der Waals surface area contributed by atoms with Gasteiger partial charge in [0.25, 0.3) is 5.91 Å². The van der Waals surface area contributed by atoms with Crippen molar-refractivity contribution in [2.24, 2.45) is 0 Å². The van der Waals surface area contributed by atoms with Gasteiger partial charge in [0.05, 0.1) is 16.8 Å². The van der Waals surface area contributed by atoms with Gasteiger partial charge in [0.2, 0.25) is 0 Å². The largest absolute Gasteiger partial charge is 0.507 e. The topological polar surface area (TPSA) is 58.6 Å². The lowest BCUT2D eigenvalue weighted by Crippen LogP contribution is -2.27. The number of rotatable bonds is 6. The van der Waals surface area contributed by atoms with E-state index in [9.17, 15) is 9.90 Å². The van der Waals surface area contributed by atoms with Crippen molar-refractivity contribution in [1.29, 1.82) is 0 Å². The number of phenols is 1. The van der Waals surface area contributed by atoms with Gasteiger partial charge in [0.1, 0.15) is 5.75 Å². The van der Waals surface area contributed by atoms with Gasteiger partial charge in [0, 0.05) is 18.0 Å². The summed E-state index contributed by atoms with van der Waals surface area (Å²) in [5.41, 5.74) is 0.431. The molecule has 0 aliphatic carbocycles. The Bertz CT molecular complexity index is 387. The summed E-state index contributed by atoms with van der Waals surface area (Å²) < 4.78 is 5.83. The maximum absolute atomic E-state index is 11.6. The zero-order chi connectivity index (χ0) is 12.7. The zero-order valence-corrected chi connectivity index (χ0v) is 12.0. The van der Waals surface area contributed by atoms with E-state index < -0.39 is 0 Å². The summed E-state index contributed by atoms with van der Waals surface area (Å²) in [4.78, 5) is 11.6. The maximum atomic E-state index is 11.6. The summed E-state index contributed by atoms with van der Waals surface area (Å²) in [6.07, 6.45) is 0. The second-order valence-electron chi connectivity index (χ2n) is 3.22. The van der Waals surface area contributed by atoms with Crippen LogP contribution in [0.25, 0.3) is 0 Å². The van der Waals surface area contributed by atoms with Crippen molar-refractivity contribution in [3.63, 3.8) is 0 Å². The number of hydrogen-bond donors (Lipinski definition) is 2. The molecule has 0 aliphatic heterocycles. The smallest absolute Gasteiger partial charge is 0.251 e. The number of carbonyl (C=O) groups excluding carboxylic acids is 1. The Labute approximate surface area is 118 Å². The second-order valence-corrected chi connectivity index (χ2v) is 4.76. The van der Waals surface area contributed by atoms with Crippen LogP contribution in [0.4, 0.5) is 0 Å². The molecule has 6 heteroatoms. The minimum absolute atomic E-state index is 0.108. The molecule has 0 spiro atoms. The third-order valence-electron chi connectivity index (χ3n) is 1.96. The monoisotopic (exact) mass is 369 g/mol. The predicted molar refractivity (Wildman–Crippen MR) is 74.7 cm³/mol. The quantitative estimate of drug-likeness (QED) is 0.458. The first-order valence-electron chi connectivity index (χ1n) is 5.05. The Hall–Kier alpha value is -0.530. The number of benzene rings is 1. The molecule has 0 aromatic heterocycles. The van der Waals surface area contributed by atoms with Gasteiger partial charge >= 0.3 is 0 Å². The highest BCUT2D eigenvalue weighted by Crippen LogP contribution is 2.20. The molecule has 0 atom stereocenters. The normalized spacial score (nSPS) is 10.2. The first-order valence-corrected chi connectivity index (χ1v) is 6.67. The van der Waals surface area contributed by atoms with Crippen molar-refractivity contribution < 1.29 is 14.6 Å². The summed E-state index contributed by atoms with van der Waals surface area (Å²) >= 11 is 7.42. The molecule has 2 N–H and O–H groups in total. The van der Waals surface area contributed by atoms with Crippen molar-refractivity contribution in [2.75, 3.05) is 25.6 Å². The molecule has 0 bridgehead atoms. The number of amides is 1. The van der Waals surface area contributed by atoms with Crippen LogP contribution in [0.5, 0.6) is 5.75 Å². The lowest BCUT2D eigenvalue weighted by atomic mass is 10.2. The molecule has 0 fully saturated rings. The zero-order valence-electron chi connectivity index (χ0n) is 9.08. The van der Waals surface area contributed by atoms with Gasteiger partial charge < -0.3 is 15.2 Å². The summed E-state index contributed by atoms with van der Waals surface area (Å²) in [6.45, 7) is 1.32. The number of phenolic OH excluding ortho intramolecular Hbond substituents is 1. The van der Waals surface area contributed by atoms with Gasteiger partial charge in [-0.2, -0.15) is 0 Å². The van der Waals surface area contributed by atoms with Crippen LogP contribution in [0.2, 0.25) is 0 Å². The molecule has 0 aliphatic rings. The number of aromatic hydroxyl groups is 1. The van der Waals surface area contributed by atoms with Crippen LogP contribution in [0.3, 0.4) is 0 Å². The molecule has 1 rings (SSSR count). The van der Waals surface area contributed by atoms with Gasteiger partial charge in [0.15, 0.2) is 0 Å². The van der Waals surface area contributed by atoms with Gasteiger partial charge in [-0.15, -0.1) is 11.6 Å². The van der Waals surface area contributed by atoms with Crippen LogP contribution in [0, 0.1) is 3.57 Å². The fourth-order valence-electron chi connectivity index (χ4n) is 1.15. The Morgan fingerprint density at radius 2 is 2.24 bits per heavy atom. The van der Waals surface area contributed by atoms with E-state index in [1.807, 2.05) is 22.6 Å². The SMILES string of the molecule is O=C(NCCOCCCl)c1ccc(I)c(O)c1. The molecule has 0 unspecified atom stereocenters. The van der Waals surface area contributed by atoms with Crippen LogP contribution in [-0.2, 0) is 4.74 Å². The highest BCUT2D eigenvalue weighted by molar-refractivity contribution is 14.1. The fourth-order valence-corrected chi connectivity index (χ4v) is 1.59. The van der Waals surface area contributed by atoms with Crippen molar-refractivity contribution in [1.82, 2.24) is 5.32 Å². The average molecular weight is 370 g/mol.